The molecule has 0 amide bonds. The second-order valence-electron chi connectivity index (χ2n) is 7.43. The van der Waals surface area contributed by atoms with E-state index in [0.29, 0.717) is 0 Å². The fraction of sp³-hybridized carbons (Fsp3) is 0.591. The number of hydrogen-bond acceptors (Lipinski definition) is 2. The summed E-state index contributed by atoms with van der Waals surface area (Å²) in [5.74, 6) is 1.92. The van der Waals surface area contributed by atoms with Gasteiger partial charge in [0.25, 0.3) is 0 Å². The van der Waals surface area contributed by atoms with Gasteiger partial charge in [0.1, 0.15) is 0 Å². The van der Waals surface area contributed by atoms with Crippen molar-refractivity contribution >= 4 is 11.5 Å². The van der Waals surface area contributed by atoms with Crippen LogP contribution >= 0.6 is 0 Å². The van der Waals surface area contributed by atoms with Crippen LogP contribution in [0.25, 0.3) is 5.57 Å². The molecule has 26 heavy (non-hydrogen) atoms. The molecule has 4 heteroatoms. The Morgan fingerprint density at radius 3 is 2.54 bits per heavy atom. The lowest BCUT2D eigenvalue weighted by Gasteiger charge is -2.32. The number of hydrogen-bond donors (Lipinski definition) is 1. The van der Waals surface area contributed by atoms with Crippen LogP contribution in [0.2, 0.25) is 0 Å². The zero-order valence-electron chi connectivity index (χ0n) is 16.5. The van der Waals surface area contributed by atoms with Gasteiger partial charge in [0.05, 0.1) is 0 Å². The highest BCUT2D eigenvalue weighted by atomic mass is 15.3. The fourth-order valence-corrected chi connectivity index (χ4v) is 4.09. The summed E-state index contributed by atoms with van der Waals surface area (Å²) in [7, 11) is 1.90. The third-order valence-electron chi connectivity index (χ3n) is 5.86. The van der Waals surface area contributed by atoms with E-state index < -0.39 is 0 Å². The van der Waals surface area contributed by atoms with E-state index in [1.807, 2.05) is 7.05 Å². The van der Waals surface area contributed by atoms with Crippen molar-refractivity contribution in [2.45, 2.75) is 32.6 Å². The second-order valence-corrected chi connectivity index (χ2v) is 7.43. The Labute approximate surface area is 159 Å². The molecule has 2 heterocycles. The second kappa shape index (κ2) is 9.77. The van der Waals surface area contributed by atoms with Crippen LogP contribution in [0.4, 0.5) is 0 Å². The molecule has 0 radical (unpaired) electrons. The molecule has 0 aromatic heterocycles. The number of benzene rings is 1. The van der Waals surface area contributed by atoms with Gasteiger partial charge in [-0.25, -0.2) is 0 Å². The topological polar surface area (TPSA) is 30.9 Å². The smallest absolute Gasteiger partial charge is 0.193 e. The van der Waals surface area contributed by atoms with E-state index in [-0.39, 0.29) is 0 Å². The Kier molecular flexibility index (Phi) is 7.13. The highest BCUT2D eigenvalue weighted by Gasteiger charge is 2.19. The molecular formula is C22H34N4. The number of guanidine groups is 1. The molecular weight excluding hydrogens is 320 g/mol. The van der Waals surface area contributed by atoms with Gasteiger partial charge in [-0.15, -0.1) is 0 Å². The maximum Gasteiger partial charge on any atom is 0.193 e. The van der Waals surface area contributed by atoms with Gasteiger partial charge >= 0.3 is 0 Å². The average molecular weight is 355 g/mol. The molecule has 1 aromatic rings. The molecule has 0 atom stereocenters. The normalized spacial score (nSPS) is 20.2. The van der Waals surface area contributed by atoms with E-state index in [1.54, 1.807) is 0 Å². The molecule has 0 saturated carbocycles. The molecule has 0 unspecified atom stereocenters. The van der Waals surface area contributed by atoms with Crippen molar-refractivity contribution in [1.82, 2.24) is 15.1 Å². The number of likely N-dealkylation sites (tertiary alicyclic amines) is 1. The summed E-state index contributed by atoms with van der Waals surface area (Å²) in [5, 5.41) is 3.60. The number of nitrogens with one attached hydrogen (secondary N) is 1. The summed E-state index contributed by atoms with van der Waals surface area (Å²) in [6.45, 7) is 9.03. The quantitative estimate of drug-likeness (QED) is 0.649. The minimum Gasteiger partial charge on any atom is -0.356 e. The van der Waals surface area contributed by atoms with Crippen LogP contribution in [0.1, 0.15) is 38.2 Å². The molecule has 1 saturated heterocycles. The predicted molar refractivity (Wildman–Crippen MR) is 111 cm³/mol. The minimum absolute atomic E-state index is 0.870. The molecule has 4 nitrogen and oxygen atoms in total. The molecule has 2 aliphatic heterocycles. The van der Waals surface area contributed by atoms with Crippen LogP contribution in [0.15, 0.2) is 41.4 Å². The van der Waals surface area contributed by atoms with E-state index in [1.165, 1.54) is 50.0 Å². The lowest BCUT2D eigenvalue weighted by Crippen LogP contribution is -2.44. The Bertz CT molecular complexity index is 600. The van der Waals surface area contributed by atoms with Crippen molar-refractivity contribution in [3.05, 3.63) is 42.0 Å². The Balaban J connectivity index is 1.43. The van der Waals surface area contributed by atoms with Gasteiger partial charge in [-0.1, -0.05) is 43.3 Å². The van der Waals surface area contributed by atoms with Crippen molar-refractivity contribution in [3.8, 4) is 0 Å². The monoisotopic (exact) mass is 354 g/mol. The van der Waals surface area contributed by atoms with Crippen molar-refractivity contribution in [2.75, 3.05) is 46.3 Å². The van der Waals surface area contributed by atoms with Crippen molar-refractivity contribution < 1.29 is 0 Å². The Hall–Kier alpha value is -1.81. The third kappa shape index (κ3) is 5.10. The SMILES string of the molecule is CCN1CCC(CCNC(=NC)N2CC=C(c3ccccc3)CC2)CC1. The molecule has 1 aromatic carbocycles. The van der Waals surface area contributed by atoms with E-state index in [4.69, 9.17) is 0 Å². The van der Waals surface area contributed by atoms with Crippen LogP contribution in [0.3, 0.4) is 0 Å². The largest absolute Gasteiger partial charge is 0.356 e. The summed E-state index contributed by atoms with van der Waals surface area (Å²) in [4.78, 5) is 9.44. The van der Waals surface area contributed by atoms with Crippen molar-refractivity contribution in [3.63, 3.8) is 0 Å². The maximum absolute atomic E-state index is 4.51. The maximum atomic E-state index is 4.51. The minimum atomic E-state index is 0.870. The highest BCUT2D eigenvalue weighted by Crippen LogP contribution is 2.22. The molecule has 3 rings (SSSR count). The van der Waals surface area contributed by atoms with Gasteiger partial charge in [-0.05, 0) is 62.4 Å². The van der Waals surface area contributed by atoms with Gasteiger partial charge in [0, 0.05) is 26.7 Å². The first kappa shape index (κ1) is 19.0. The van der Waals surface area contributed by atoms with Crippen molar-refractivity contribution in [2.24, 2.45) is 10.9 Å². The van der Waals surface area contributed by atoms with Crippen LogP contribution < -0.4 is 5.32 Å². The molecule has 0 spiro atoms. The standard InChI is InChI=1S/C22H34N4/c1-3-25-15-10-19(11-16-25)9-14-24-22(23-2)26-17-12-21(13-18-26)20-7-5-4-6-8-20/h4-8,12,19H,3,9-11,13-18H2,1-2H3,(H,23,24). The molecule has 1 fully saturated rings. The number of piperidine rings is 1. The highest BCUT2D eigenvalue weighted by molar-refractivity contribution is 5.81. The van der Waals surface area contributed by atoms with Crippen LogP contribution in [0.5, 0.6) is 0 Å². The lowest BCUT2D eigenvalue weighted by atomic mass is 9.93. The zero-order valence-corrected chi connectivity index (χ0v) is 16.5. The number of nitrogens with zero attached hydrogens (tertiary/aromatic N) is 3. The molecule has 0 aliphatic carbocycles. The Morgan fingerprint density at radius 1 is 1.15 bits per heavy atom. The Morgan fingerprint density at radius 2 is 1.92 bits per heavy atom. The third-order valence-corrected chi connectivity index (χ3v) is 5.86. The van der Waals surface area contributed by atoms with E-state index in [2.05, 4.69) is 63.4 Å². The summed E-state index contributed by atoms with van der Waals surface area (Å²) in [5.41, 5.74) is 2.81. The van der Waals surface area contributed by atoms with E-state index in [0.717, 1.165) is 37.9 Å². The summed E-state index contributed by atoms with van der Waals surface area (Å²) >= 11 is 0. The van der Waals surface area contributed by atoms with Gasteiger partial charge < -0.3 is 15.1 Å². The molecule has 0 bridgehead atoms. The first-order valence-electron chi connectivity index (χ1n) is 10.2. The van der Waals surface area contributed by atoms with Crippen LogP contribution in [0, 0.1) is 5.92 Å². The summed E-state index contributed by atoms with van der Waals surface area (Å²) in [6.07, 6.45) is 7.39. The number of rotatable bonds is 5. The van der Waals surface area contributed by atoms with Gasteiger partial charge in [0.15, 0.2) is 5.96 Å². The first-order chi connectivity index (χ1) is 12.8. The van der Waals surface area contributed by atoms with Crippen LogP contribution in [-0.4, -0.2) is 62.1 Å². The fourth-order valence-electron chi connectivity index (χ4n) is 4.09. The number of aliphatic imine (C=N–C) groups is 1. The van der Waals surface area contributed by atoms with Gasteiger partial charge in [0.2, 0.25) is 0 Å². The lowest BCUT2D eigenvalue weighted by molar-refractivity contribution is 0.187. The molecule has 142 valence electrons. The van der Waals surface area contributed by atoms with E-state index >= 15 is 0 Å². The zero-order chi connectivity index (χ0) is 18.2. The predicted octanol–water partition coefficient (Wildman–Crippen LogP) is 3.47. The average Bonchev–Trinajstić information content (AvgIpc) is 2.72. The summed E-state index contributed by atoms with van der Waals surface area (Å²) < 4.78 is 0. The molecule has 1 N–H and O–H groups in total. The van der Waals surface area contributed by atoms with E-state index in [9.17, 15) is 0 Å². The first-order valence-corrected chi connectivity index (χ1v) is 10.2. The van der Waals surface area contributed by atoms with Gasteiger partial charge in [-0.3, -0.25) is 4.99 Å². The summed E-state index contributed by atoms with van der Waals surface area (Å²) in [6, 6.07) is 10.7. The van der Waals surface area contributed by atoms with Crippen molar-refractivity contribution in [1.29, 1.82) is 0 Å². The van der Waals surface area contributed by atoms with Crippen LogP contribution in [-0.2, 0) is 0 Å². The van der Waals surface area contributed by atoms with Gasteiger partial charge in [-0.2, -0.15) is 0 Å². The molecule has 2 aliphatic rings.